The van der Waals surface area contributed by atoms with Crippen LogP contribution in [0.3, 0.4) is 0 Å². The monoisotopic (exact) mass is 319 g/mol. The van der Waals surface area contributed by atoms with Crippen LogP contribution in [0.5, 0.6) is 11.5 Å². The van der Waals surface area contributed by atoms with E-state index >= 15 is 0 Å². The maximum atomic E-state index is 12.0. The molecule has 1 fully saturated rings. The van der Waals surface area contributed by atoms with Gasteiger partial charge in [-0.25, -0.2) is 8.42 Å². The standard InChI is InChI=1S/C12H14ClNO5S/c1-18-8-3-4-10(11(5-8)19-2)14-7-9(6-12(14)15)20(13,16)17/h3-5,9H,6-7H2,1-2H3. The third-order valence-corrected chi connectivity index (χ3v) is 5.03. The van der Waals surface area contributed by atoms with E-state index in [0.29, 0.717) is 17.2 Å². The molecule has 110 valence electrons. The van der Waals surface area contributed by atoms with Crippen molar-refractivity contribution in [3.05, 3.63) is 18.2 Å². The van der Waals surface area contributed by atoms with Gasteiger partial charge < -0.3 is 14.4 Å². The van der Waals surface area contributed by atoms with Gasteiger partial charge in [0.15, 0.2) is 0 Å². The van der Waals surface area contributed by atoms with Crippen LogP contribution in [-0.2, 0) is 13.8 Å². The zero-order chi connectivity index (χ0) is 14.9. The Morgan fingerprint density at radius 1 is 1.30 bits per heavy atom. The van der Waals surface area contributed by atoms with Crippen LogP contribution in [0.2, 0.25) is 0 Å². The predicted molar refractivity (Wildman–Crippen MR) is 75.1 cm³/mol. The smallest absolute Gasteiger partial charge is 0.237 e. The summed E-state index contributed by atoms with van der Waals surface area (Å²) >= 11 is 0. The van der Waals surface area contributed by atoms with E-state index in [1.807, 2.05) is 0 Å². The Labute approximate surface area is 121 Å². The molecule has 1 unspecified atom stereocenters. The van der Waals surface area contributed by atoms with Gasteiger partial charge >= 0.3 is 0 Å². The van der Waals surface area contributed by atoms with Gasteiger partial charge in [-0.15, -0.1) is 0 Å². The minimum Gasteiger partial charge on any atom is -0.497 e. The van der Waals surface area contributed by atoms with Crippen molar-refractivity contribution in [1.29, 1.82) is 0 Å². The number of rotatable bonds is 4. The summed E-state index contributed by atoms with van der Waals surface area (Å²) in [4.78, 5) is 13.3. The molecule has 0 saturated carbocycles. The molecule has 20 heavy (non-hydrogen) atoms. The minimum atomic E-state index is -3.76. The van der Waals surface area contributed by atoms with Crippen molar-refractivity contribution in [1.82, 2.24) is 0 Å². The van der Waals surface area contributed by atoms with Crippen molar-refractivity contribution in [2.75, 3.05) is 25.7 Å². The molecular formula is C12H14ClNO5S. The van der Waals surface area contributed by atoms with Gasteiger partial charge in [-0.2, -0.15) is 0 Å². The lowest BCUT2D eigenvalue weighted by atomic mass is 10.2. The summed E-state index contributed by atoms with van der Waals surface area (Å²) in [6, 6.07) is 4.96. The molecule has 1 aliphatic heterocycles. The number of amides is 1. The second kappa shape index (κ2) is 5.49. The van der Waals surface area contributed by atoms with Crippen molar-refractivity contribution >= 4 is 31.3 Å². The molecule has 1 aliphatic rings. The first-order valence-corrected chi connectivity index (χ1v) is 8.20. The summed E-state index contributed by atoms with van der Waals surface area (Å²) in [5, 5.41) is -0.900. The van der Waals surface area contributed by atoms with Gasteiger partial charge in [-0.3, -0.25) is 4.79 Å². The van der Waals surface area contributed by atoms with Gasteiger partial charge in [0.1, 0.15) is 16.7 Å². The maximum Gasteiger partial charge on any atom is 0.237 e. The normalized spacial score (nSPS) is 19.2. The van der Waals surface area contributed by atoms with Crippen LogP contribution in [0.15, 0.2) is 18.2 Å². The Kier molecular flexibility index (Phi) is 4.10. The molecule has 1 saturated heterocycles. The summed E-state index contributed by atoms with van der Waals surface area (Å²) < 4.78 is 33.0. The summed E-state index contributed by atoms with van der Waals surface area (Å²) in [5.41, 5.74) is 0.501. The van der Waals surface area contributed by atoms with Crippen molar-refractivity contribution in [2.24, 2.45) is 0 Å². The minimum absolute atomic E-state index is 0.0212. The van der Waals surface area contributed by atoms with Crippen LogP contribution in [-0.4, -0.2) is 40.3 Å². The van der Waals surface area contributed by atoms with Crippen molar-refractivity contribution in [3.63, 3.8) is 0 Å². The highest BCUT2D eigenvalue weighted by atomic mass is 35.7. The highest BCUT2D eigenvalue weighted by Gasteiger charge is 2.38. The highest BCUT2D eigenvalue weighted by Crippen LogP contribution is 2.35. The van der Waals surface area contributed by atoms with Gasteiger partial charge in [-0.05, 0) is 12.1 Å². The van der Waals surface area contributed by atoms with E-state index in [0.717, 1.165) is 0 Å². The van der Waals surface area contributed by atoms with Crippen molar-refractivity contribution in [3.8, 4) is 11.5 Å². The van der Waals surface area contributed by atoms with Crippen LogP contribution in [0.4, 0.5) is 5.69 Å². The van der Waals surface area contributed by atoms with E-state index in [1.165, 1.54) is 19.1 Å². The Bertz CT molecular complexity index is 631. The Morgan fingerprint density at radius 3 is 2.50 bits per heavy atom. The molecule has 8 heteroatoms. The van der Waals surface area contributed by atoms with Gasteiger partial charge in [0.05, 0.1) is 19.9 Å². The van der Waals surface area contributed by atoms with E-state index in [2.05, 4.69) is 0 Å². The summed E-state index contributed by atoms with van der Waals surface area (Å²) in [6.07, 6.45) is -0.124. The van der Waals surface area contributed by atoms with E-state index in [1.54, 1.807) is 18.2 Å². The second-order valence-electron chi connectivity index (χ2n) is 4.34. The third-order valence-electron chi connectivity index (χ3n) is 3.17. The first-order chi connectivity index (χ1) is 9.36. The SMILES string of the molecule is COc1ccc(N2CC(S(=O)(=O)Cl)CC2=O)c(OC)c1. The molecule has 0 bridgehead atoms. The lowest BCUT2D eigenvalue weighted by Gasteiger charge is -2.19. The largest absolute Gasteiger partial charge is 0.497 e. The van der Waals surface area contributed by atoms with Gasteiger partial charge in [0.25, 0.3) is 0 Å². The molecular weight excluding hydrogens is 306 g/mol. The molecule has 6 nitrogen and oxygen atoms in total. The average Bonchev–Trinajstić information content (AvgIpc) is 2.80. The predicted octanol–water partition coefficient (Wildman–Crippen LogP) is 1.38. The van der Waals surface area contributed by atoms with Gasteiger partial charge in [-0.1, -0.05) is 0 Å². The molecule has 2 rings (SSSR count). The van der Waals surface area contributed by atoms with Gasteiger partial charge in [0.2, 0.25) is 15.0 Å². The number of carbonyl (C=O) groups is 1. The van der Waals surface area contributed by atoms with E-state index in [9.17, 15) is 13.2 Å². The summed E-state index contributed by atoms with van der Waals surface area (Å²) in [5.74, 6) is 0.715. The fraction of sp³-hybridized carbons (Fsp3) is 0.417. The van der Waals surface area contributed by atoms with E-state index < -0.39 is 14.3 Å². The number of benzene rings is 1. The molecule has 1 atom stereocenters. The molecule has 1 heterocycles. The number of carbonyl (C=O) groups excluding carboxylic acids is 1. The Balaban J connectivity index is 2.35. The average molecular weight is 320 g/mol. The number of nitrogens with zero attached hydrogens (tertiary/aromatic N) is 1. The van der Waals surface area contributed by atoms with Crippen LogP contribution in [0.25, 0.3) is 0 Å². The zero-order valence-corrected chi connectivity index (χ0v) is 12.6. The lowest BCUT2D eigenvalue weighted by Crippen LogP contribution is -2.27. The zero-order valence-electron chi connectivity index (χ0n) is 11.0. The first-order valence-electron chi connectivity index (χ1n) is 5.82. The number of hydrogen-bond acceptors (Lipinski definition) is 5. The molecule has 0 N–H and O–H groups in total. The Morgan fingerprint density at radius 2 is 2.00 bits per heavy atom. The molecule has 1 amide bonds. The summed E-state index contributed by atoms with van der Waals surface area (Å²) in [6.45, 7) is 0.0212. The quantitative estimate of drug-likeness (QED) is 0.784. The molecule has 1 aromatic carbocycles. The number of methoxy groups -OCH3 is 2. The third kappa shape index (κ3) is 2.83. The van der Waals surface area contributed by atoms with Crippen molar-refractivity contribution in [2.45, 2.75) is 11.7 Å². The number of ether oxygens (including phenoxy) is 2. The number of hydrogen-bond donors (Lipinski definition) is 0. The van der Waals surface area contributed by atoms with Crippen LogP contribution < -0.4 is 14.4 Å². The summed E-state index contributed by atoms with van der Waals surface area (Å²) in [7, 11) is 4.54. The molecule has 0 spiro atoms. The van der Waals surface area contributed by atoms with E-state index in [-0.39, 0.29) is 18.9 Å². The highest BCUT2D eigenvalue weighted by molar-refractivity contribution is 8.14. The molecule has 0 radical (unpaired) electrons. The maximum absolute atomic E-state index is 12.0. The second-order valence-corrected chi connectivity index (χ2v) is 7.25. The van der Waals surface area contributed by atoms with E-state index in [4.69, 9.17) is 20.2 Å². The number of halogens is 1. The first kappa shape index (κ1) is 14.9. The fourth-order valence-electron chi connectivity index (χ4n) is 2.10. The van der Waals surface area contributed by atoms with Gasteiger partial charge in [0, 0.05) is 29.7 Å². The fourth-order valence-corrected chi connectivity index (χ4v) is 3.13. The number of anilines is 1. The topological polar surface area (TPSA) is 72.9 Å². The van der Waals surface area contributed by atoms with Crippen LogP contribution >= 0.6 is 10.7 Å². The molecule has 1 aromatic rings. The van der Waals surface area contributed by atoms with Crippen LogP contribution in [0.1, 0.15) is 6.42 Å². The van der Waals surface area contributed by atoms with Crippen LogP contribution in [0, 0.1) is 0 Å². The van der Waals surface area contributed by atoms with Crippen molar-refractivity contribution < 1.29 is 22.7 Å². The molecule has 0 aromatic heterocycles. The molecule has 0 aliphatic carbocycles. The lowest BCUT2D eigenvalue weighted by molar-refractivity contribution is -0.117. The Hall–Kier alpha value is -1.47.